The van der Waals surface area contributed by atoms with E-state index in [2.05, 4.69) is 27.1 Å². The molecule has 6 nitrogen and oxygen atoms in total. The smallest absolute Gasteiger partial charge is 0.158 e. The minimum Gasteiger partial charge on any atom is -0.377 e. The second kappa shape index (κ2) is 9.52. The van der Waals surface area contributed by atoms with Crippen molar-refractivity contribution in [1.29, 1.82) is 0 Å². The fourth-order valence-corrected chi connectivity index (χ4v) is 1.76. The normalized spacial score (nSPS) is 11.0. The molecule has 0 aromatic carbocycles. The number of hydrogen-bond acceptors (Lipinski definition) is 6. The lowest BCUT2D eigenvalue weighted by molar-refractivity contribution is 0.0845. The number of hydrogen-bond donors (Lipinski definition) is 1. The molecule has 0 atom stereocenters. The van der Waals surface area contributed by atoms with E-state index in [1.807, 2.05) is 27.0 Å². The molecule has 1 rings (SSSR count). The van der Waals surface area contributed by atoms with Crippen molar-refractivity contribution in [2.45, 2.75) is 39.9 Å². The maximum absolute atomic E-state index is 5.58. The van der Waals surface area contributed by atoms with E-state index >= 15 is 0 Å². The Kier molecular flexibility index (Phi) is 8.00. The maximum atomic E-state index is 5.58. The third-order valence-electron chi connectivity index (χ3n) is 2.86. The first kappa shape index (κ1) is 17.7. The lowest BCUT2D eigenvalue weighted by atomic mass is 10.4. The number of methoxy groups -OCH3 is 1. The zero-order valence-electron chi connectivity index (χ0n) is 13.8. The van der Waals surface area contributed by atoms with Gasteiger partial charge in [-0.2, -0.15) is 0 Å². The summed E-state index contributed by atoms with van der Waals surface area (Å²) in [6.07, 6.45) is 1.30. The van der Waals surface area contributed by atoms with Crippen LogP contribution in [0.15, 0.2) is 6.07 Å². The largest absolute Gasteiger partial charge is 0.377 e. The lowest BCUT2D eigenvalue weighted by Gasteiger charge is -2.20. The summed E-state index contributed by atoms with van der Waals surface area (Å²) in [5, 5.41) is 3.30. The average Bonchev–Trinajstić information content (AvgIpc) is 2.44. The Morgan fingerprint density at radius 2 is 2.10 bits per heavy atom. The zero-order chi connectivity index (χ0) is 15.7. The van der Waals surface area contributed by atoms with Gasteiger partial charge in [0.15, 0.2) is 5.82 Å². The van der Waals surface area contributed by atoms with Crippen LogP contribution >= 0.6 is 0 Å². The molecule has 0 radical (unpaired) electrons. The van der Waals surface area contributed by atoms with Crippen molar-refractivity contribution < 1.29 is 9.47 Å². The van der Waals surface area contributed by atoms with Crippen LogP contribution in [0.5, 0.6) is 0 Å². The Labute approximate surface area is 127 Å². The Bertz CT molecular complexity index is 413. The monoisotopic (exact) mass is 296 g/mol. The molecule has 120 valence electrons. The molecule has 21 heavy (non-hydrogen) atoms. The summed E-state index contributed by atoms with van der Waals surface area (Å²) in [6, 6.07) is 1.96. The average molecular weight is 296 g/mol. The molecule has 1 N–H and O–H groups in total. The van der Waals surface area contributed by atoms with Gasteiger partial charge >= 0.3 is 0 Å². The Balaban J connectivity index is 2.75. The molecular formula is C15H28N4O2. The molecule has 6 heteroatoms. The van der Waals surface area contributed by atoms with Crippen LogP contribution in [0, 0.1) is 0 Å². The van der Waals surface area contributed by atoms with Crippen molar-refractivity contribution in [1.82, 2.24) is 9.97 Å². The van der Waals surface area contributed by atoms with E-state index < -0.39 is 0 Å². The van der Waals surface area contributed by atoms with Gasteiger partial charge in [-0.15, -0.1) is 0 Å². The molecule has 1 heterocycles. The van der Waals surface area contributed by atoms with Gasteiger partial charge in [-0.3, -0.25) is 0 Å². The number of anilines is 2. The van der Waals surface area contributed by atoms with Gasteiger partial charge in [0.2, 0.25) is 0 Å². The molecule has 0 fully saturated rings. The SMILES string of the molecule is CCCNc1cc(N(C)CCOC(C)C)nc(COC)n1. The van der Waals surface area contributed by atoms with Crippen LogP contribution in [-0.2, 0) is 16.1 Å². The molecule has 0 saturated heterocycles. The second-order valence-corrected chi connectivity index (χ2v) is 5.23. The van der Waals surface area contributed by atoms with Crippen molar-refractivity contribution in [2.75, 3.05) is 44.1 Å². The molecule has 0 spiro atoms. The van der Waals surface area contributed by atoms with Crippen molar-refractivity contribution in [3.05, 3.63) is 11.9 Å². The number of rotatable bonds is 10. The number of nitrogens with one attached hydrogen (secondary N) is 1. The fraction of sp³-hybridized carbons (Fsp3) is 0.733. The highest BCUT2D eigenvalue weighted by atomic mass is 16.5. The van der Waals surface area contributed by atoms with E-state index in [-0.39, 0.29) is 6.10 Å². The Morgan fingerprint density at radius 3 is 2.71 bits per heavy atom. The van der Waals surface area contributed by atoms with Gasteiger partial charge in [0.1, 0.15) is 18.2 Å². The molecule has 1 aromatic rings. The van der Waals surface area contributed by atoms with Gasteiger partial charge < -0.3 is 19.7 Å². The molecule has 0 saturated carbocycles. The van der Waals surface area contributed by atoms with Crippen LogP contribution in [0.3, 0.4) is 0 Å². The molecule has 0 amide bonds. The maximum Gasteiger partial charge on any atom is 0.158 e. The van der Waals surface area contributed by atoms with Gasteiger partial charge in [-0.25, -0.2) is 9.97 Å². The van der Waals surface area contributed by atoms with E-state index in [9.17, 15) is 0 Å². The molecule has 0 bridgehead atoms. The number of likely N-dealkylation sites (N-methyl/N-ethyl adjacent to an activating group) is 1. The highest BCUT2D eigenvalue weighted by molar-refractivity contribution is 5.49. The van der Waals surface area contributed by atoms with E-state index in [4.69, 9.17) is 9.47 Å². The van der Waals surface area contributed by atoms with E-state index in [0.29, 0.717) is 19.0 Å². The van der Waals surface area contributed by atoms with Crippen LogP contribution in [-0.4, -0.2) is 49.9 Å². The standard InChI is InChI=1S/C15H28N4O2/c1-6-7-16-13-10-15(18-14(17-13)11-20-5)19(4)8-9-21-12(2)3/h10,12H,6-9,11H2,1-5H3,(H,16,17,18). The topological polar surface area (TPSA) is 59.5 Å². The van der Waals surface area contributed by atoms with Gasteiger partial charge in [-0.1, -0.05) is 6.92 Å². The highest BCUT2D eigenvalue weighted by Gasteiger charge is 2.09. The van der Waals surface area contributed by atoms with Crippen LogP contribution in [0.2, 0.25) is 0 Å². The predicted octanol–water partition coefficient (Wildman–Crippen LogP) is 2.31. The molecule has 0 aliphatic heterocycles. The van der Waals surface area contributed by atoms with Crippen molar-refractivity contribution in [2.24, 2.45) is 0 Å². The third kappa shape index (κ3) is 6.73. The van der Waals surface area contributed by atoms with Gasteiger partial charge in [0.05, 0.1) is 12.7 Å². The molecule has 0 aliphatic carbocycles. The van der Waals surface area contributed by atoms with Crippen molar-refractivity contribution >= 4 is 11.6 Å². The quantitative estimate of drug-likeness (QED) is 0.715. The van der Waals surface area contributed by atoms with Gasteiger partial charge in [0.25, 0.3) is 0 Å². The van der Waals surface area contributed by atoms with Gasteiger partial charge in [0, 0.05) is 33.3 Å². The first-order valence-corrected chi connectivity index (χ1v) is 7.50. The molecule has 1 aromatic heterocycles. The number of aromatic nitrogens is 2. The molecule has 0 aliphatic rings. The van der Waals surface area contributed by atoms with Crippen LogP contribution in [0.1, 0.15) is 33.0 Å². The number of nitrogens with zero attached hydrogens (tertiary/aromatic N) is 3. The summed E-state index contributed by atoms with van der Waals surface area (Å²) < 4.78 is 10.7. The fourth-order valence-electron chi connectivity index (χ4n) is 1.76. The van der Waals surface area contributed by atoms with Crippen LogP contribution in [0.4, 0.5) is 11.6 Å². The predicted molar refractivity (Wildman–Crippen MR) is 85.9 cm³/mol. The van der Waals surface area contributed by atoms with Crippen LogP contribution in [0.25, 0.3) is 0 Å². The summed E-state index contributed by atoms with van der Waals surface area (Å²) >= 11 is 0. The van der Waals surface area contributed by atoms with Crippen LogP contribution < -0.4 is 10.2 Å². The zero-order valence-corrected chi connectivity index (χ0v) is 13.8. The lowest BCUT2D eigenvalue weighted by Crippen LogP contribution is -2.25. The first-order valence-electron chi connectivity index (χ1n) is 7.50. The summed E-state index contributed by atoms with van der Waals surface area (Å²) in [4.78, 5) is 11.0. The minimum atomic E-state index is 0.245. The molecular weight excluding hydrogens is 268 g/mol. The van der Waals surface area contributed by atoms with E-state index in [0.717, 1.165) is 31.1 Å². The van der Waals surface area contributed by atoms with E-state index in [1.165, 1.54) is 0 Å². The summed E-state index contributed by atoms with van der Waals surface area (Å²) in [5.74, 6) is 2.40. The van der Waals surface area contributed by atoms with Crippen molar-refractivity contribution in [3.63, 3.8) is 0 Å². The Hall–Kier alpha value is -1.40. The minimum absolute atomic E-state index is 0.245. The summed E-state index contributed by atoms with van der Waals surface area (Å²) in [7, 11) is 3.65. The summed E-state index contributed by atoms with van der Waals surface area (Å²) in [5.41, 5.74) is 0. The third-order valence-corrected chi connectivity index (χ3v) is 2.86. The Morgan fingerprint density at radius 1 is 1.33 bits per heavy atom. The van der Waals surface area contributed by atoms with Crippen molar-refractivity contribution in [3.8, 4) is 0 Å². The second-order valence-electron chi connectivity index (χ2n) is 5.23. The summed E-state index contributed by atoms with van der Waals surface area (Å²) in [6.45, 7) is 8.96. The first-order chi connectivity index (χ1) is 10.1. The number of ether oxygens (including phenoxy) is 2. The van der Waals surface area contributed by atoms with E-state index in [1.54, 1.807) is 7.11 Å². The van der Waals surface area contributed by atoms with Gasteiger partial charge in [-0.05, 0) is 20.3 Å². The molecule has 0 unspecified atom stereocenters. The highest BCUT2D eigenvalue weighted by Crippen LogP contribution is 2.15.